The second kappa shape index (κ2) is 6.78. The van der Waals surface area contributed by atoms with Gasteiger partial charge in [0.15, 0.2) is 0 Å². The van der Waals surface area contributed by atoms with E-state index in [-0.39, 0.29) is 5.91 Å². The highest BCUT2D eigenvalue weighted by atomic mass is 16.5. The summed E-state index contributed by atoms with van der Waals surface area (Å²) in [5, 5.41) is 5.05. The molecule has 1 heterocycles. The van der Waals surface area contributed by atoms with E-state index in [1.807, 2.05) is 18.2 Å². The Hall–Kier alpha value is -2.04. The summed E-state index contributed by atoms with van der Waals surface area (Å²) >= 11 is 0. The van der Waals surface area contributed by atoms with Gasteiger partial charge in [-0.25, -0.2) is 4.79 Å². The van der Waals surface area contributed by atoms with E-state index < -0.39 is 12.1 Å². The van der Waals surface area contributed by atoms with Crippen molar-refractivity contribution in [3.63, 3.8) is 0 Å². The molecule has 1 aliphatic rings. The van der Waals surface area contributed by atoms with Crippen LogP contribution in [0.4, 0.5) is 4.79 Å². The van der Waals surface area contributed by atoms with Crippen molar-refractivity contribution in [2.24, 2.45) is 0 Å². The lowest BCUT2D eigenvalue weighted by Crippen LogP contribution is -2.61. The molecular formula is C14H18N2O3. The first kappa shape index (κ1) is 13.4. The fourth-order valence-corrected chi connectivity index (χ4v) is 1.83. The third-order valence-corrected chi connectivity index (χ3v) is 3.02. The van der Waals surface area contributed by atoms with Crippen molar-refractivity contribution in [1.82, 2.24) is 10.6 Å². The van der Waals surface area contributed by atoms with Gasteiger partial charge < -0.3 is 15.4 Å². The molecule has 5 heteroatoms. The number of alkyl carbamates (subject to hydrolysis) is 1. The van der Waals surface area contributed by atoms with Crippen LogP contribution in [0.5, 0.6) is 0 Å². The van der Waals surface area contributed by atoms with Gasteiger partial charge in [-0.05, 0) is 24.8 Å². The van der Waals surface area contributed by atoms with Crippen molar-refractivity contribution in [3.05, 3.63) is 35.9 Å². The average molecular weight is 262 g/mol. The number of benzene rings is 1. The average Bonchev–Trinajstić information content (AvgIpc) is 2.44. The van der Waals surface area contributed by atoms with E-state index >= 15 is 0 Å². The lowest BCUT2D eigenvalue weighted by Gasteiger charge is -2.26. The molecule has 2 rings (SSSR count). The molecule has 1 aromatic rings. The molecule has 1 aromatic carbocycles. The molecule has 1 fully saturated rings. The molecule has 0 unspecified atom stereocenters. The zero-order valence-electron chi connectivity index (χ0n) is 10.7. The van der Waals surface area contributed by atoms with Gasteiger partial charge in [-0.15, -0.1) is 0 Å². The second-order valence-electron chi connectivity index (χ2n) is 4.52. The summed E-state index contributed by atoms with van der Waals surface area (Å²) in [4.78, 5) is 22.2. The van der Waals surface area contributed by atoms with Crippen molar-refractivity contribution in [3.8, 4) is 0 Å². The fourth-order valence-electron chi connectivity index (χ4n) is 1.83. The van der Waals surface area contributed by atoms with Crippen LogP contribution >= 0.6 is 0 Å². The zero-order valence-corrected chi connectivity index (χ0v) is 10.7. The van der Waals surface area contributed by atoms with Crippen LogP contribution in [0.25, 0.3) is 0 Å². The number of aryl methyl sites for hydroxylation is 1. The van der Waals surface area contributed by atoms with Gasteiger partial charge >= 0.3 is 6.09 Å². The maximum absolute atomic E-state index is 11.3. The molecule has 19 heavy (non-hydrogen) atoms. The van der Waals surface area contributed by atoms with E-state index in [0.717, 1.165) is 19.3 Å². The van der Waals surface area contributed by atoms with Crippen LogP contribution < -0.4 is 10.6 Å². The number of unbranched alkanes of at least 4 members (excludes halogenated alkanes) is 1. The standard InChI is InChI=1S/C14H18N2O3/c17-13-12(10-15-13)16-14(18)19-9-5-4-8-11-6-2-1-3-7-11/h1-3,6-7,12H,4-5,8-10H2,(H,15,17)(H,16,18)/t12-/m0/s1. The van der Waals surface area contributed by atoms with Crippen LogP contribution in [0.15, 0.2) is 30.3 Å². The normalized spacial score (nSPS) is 17.3. The number of hydrogen-bond donors (Lipinski definition) is 2. The number of nitrogens with one attached hydrogen (secondary N) is 2. The molecule has 2 amide bonds. The minimum Gasteiger partial charge on any atom is -0.450 e. The van der Waals surface area contributed by atoms with E-state index in [1.54, 1.807) is 0 Å². The monoisotopic (exact) mass is 262 g/mol. The van der Waals surface area contributed by atoms with Crippen molar-refractivity contribution in [1.29, 1.82) is 0 Å². The van der Waals surface area contributed by atoms with Gasteiger partial charge in [-0.3, -0.25) is 4.79 Å². The number of carbonyl (C=O) groups excluding carboxylic acids is 2. The first-order chi connectivity index (χ1) is 9.25. The molecule has 1 saturated heterocycles. The van der Waals surface area contributed by atoms with Gasteiger partial charge in [0.25, 0.3) is 0 Å². The summed E-state index contributed by atoms with van der Waals surface area (Å²) in [6.07, 6.45) is 2.26. The first-order valence-electron chi connectivity index (χ1n) is 6.50. The lowest BCUT2D eigenvalue weighted by atomic mass is 10.1. The number of hydrogen-bond acceptors (Lipinski definition) is 3. The van der Waals surface area contributed by atoms with Crippen LogP contribution in [-0.4, -0.2) is 31.2 Å². The third kappa shape index (κ3) is 4.28. The molecule has 0 spiro atoms. The molecular weight excluding hydrogens is 244 g/mol. The van der Waals surface area contributed by atoms with E-state index in [2.05, 4.69) is 22.8 Å². The topological polar surface area (TPSA) is 67.4 Å². The van der Waals surface area contributed by atoms with Gasteiger partial charge in [-0.1, -0.05) is 30.3 Å². The maximum Gasteiger partial charge on any atom is 0.407 e. The molecule has 0 aromatic heterocycles. The SMILES string of the molecule is O=C(N[C@H]1CNC1=O)OCCCCc1ccccc1. The van der Waals surface area contributed by atoms with Crippen LogP contribution in [0.3, 0.4) is 0 Å². The largest absolute Gasteiger partial charge is 0.450 e. The molecule has 1 aliphatic heterocycles. The number of β-lactam (4-membered cyclic amide) rings is 1. The van der Waals surface area contributed by atoms with Crippen LogP contribution in [0.1, 0.15) is 18.4 Å². The van der Waals surface area contributed by atoms with Gasteiger partial charge in [0.1, 0.15) is 6.04 Å². The van der Waals surface area contributed by atoms with Gasteiger partial charge in [0.2, 0.25) is 5.91 Å². The Morgan fingerprint density at radius 3 is 2.74 bits per heavy atom. The Kier molecular flexibility index (Phi) is 4.78. The van der Waals surface area contributed by atoms with Gasteiger partial charge in [-0.2, -0.15) is 0 Å². The Labute approximate surface area is 112 Å². The maximum atomic E-state index is 11.3. The first-order valence-corrected chi connectivity index (χ1v) is 6.50. The minimum atomic E-state index is -0.514. The smallest absolute Gasteiger partial charge is 0.407 e. The van der Waals surface area contributed by atoms with E-state index in [9.17, 15) is 9.59 Å². The Balaban J connectivity index is 1.52. The summed E-state index contributed by atoms with van der Waals surface area (Å²) in [6.45, 7) is 0.870. The molecule has 0 radical (unpaired) electrons. The second-order valence-corrected chi connectivity index (χ2v) is 4.52. The molecule has 0 saturated carbocycles. The Morgan fingerprint density at radius 1 is 1.32 bits per heavy atom. The summed E-state index contributed by atoms with van der Waals surface area (Å²) in [7, 11) is 0. The van der Waals surface area contributed by atoms with E-state index in [4.69, 9.17) is 4.74 Å². The van der Waals surface area contributed by atoms with Crippen molar-refractivity contribution in [2.45, 2.75) is 25.3 Å². The van der Waals surface area contributed by atoms with Crippen LogP contribution in [0.2, 0.25) is 0 Å². The lowest BCUT2D eigenvalue weighted by molar-refractivity contribution is -0.128. The fraction of sp³-hybridized carbons (Fsp3) is 0.429. The number of carbonyl (C=O) groups is 2. The number of rotatable bonds is 6. The summed E-state index contributed by atoms with van der Waals surface area (Å²) in [5.41, 5.74) is 1.29. The summed E-state index contributed by atoms with van der Waals surface area (Å²) in [6, 6.07) is 9.78. The highest BCUT2D eigenvalue weighted by Crippen LogP contribution is 2.04. The van der Waals surface area contributed by atoms with E-state index in [1.165, 1.54) is 5.56 Å². The predicted molar refractivity (Wildman–Crippen MR) is 70.7 cm³/mol. The van der Waals surface area contributed by atoms with Crippen molar-refractivity contribution in [2.75, 3.05) is 13.2 Å². The van der Waals surface area contributed by atoms with E-state index in [0.29, 0.717) is 13.2 Å². The highest BCUT2D eigenvalue weighted by molar-refractivity contribution is 5.90. The number of amides is 2. The molecule has 5 nitrogen and oxygen atoms in total. The third-order valence-electron chi connectivity index (χ3n) is 3.02. The Morgan fingerprint density at radius 2 is 2.11 bits per heavy atom. The summed E-state index contributed by atoms with van der Waals surface area (Å²) in [5.74, 6) is -0.152. The molecule has 2 N–H and O–H groups in total. The van der Waals surface area contributed by atoms with Gasteiger partial charge in [0, 0.05) is 6.54 Å². The highest BCUT2D eigenvalue weighted by Gasteiger charge is 2.29. The zero-order chi connectivity index (χ0) is 13.5. The molecule has 0 aliphatic carbocycles. The quantitative estimate of drug-likeness (QED) is 0.598. The Bertz CT molecular complexity index is 434. The van der Waals surface area contributed by atoms with Crippen LogP contribution in [-0.2, 0) is 16.0 Å². The molecule has 0 bridgehead atoms. The van der Waals surface area contributed by atoms with Crippen LogP contribution in [0, 0.1) is 0 Å². The van der Waals surface area contributed by atoms with Gasteiger partial charge in [0.05, 0.1) is 6.61 Å². The predicted octanol–water partition coefficient (Wildman–Crippen LogP) is 1.23. The molecule has 1 atom stereocenters. The summed E-state index contributed by atoms with van der Waals surface area (Å²) < 4.78 is 5.00. The van der Waals surface area contributed by atoms with Crippen molar-refractivity contribution < 1.29 is 14.3 Å². The number of ether oxygens (including phenoxy) is 1. The van der Waals surface area contributed by atoms with Crippen molar-refractivity contribution >= 4 is 12.0 Å². The molecule has 102 valence electrons. The minimum absolute atomic E-state index is 0.152.